The quantitative estimate of drug-likeness (QED) is 0.405. The van der Waals surface area contributed by atoms with E-state index in [-0.39, 0.29) is 6.42 Å². The summed E-state index contributed by atoms with van der Waals surface area (Å²) in [5, 5.41) is 0. The zero-order valence-corrected chi connectivity index (χ0v) is 7.62. The predicted octanol–water partition coefficient (Wildman–Crippen LogP) is 3.59. The van der Waals surface area contributed by atoms with Gasteiger partial charge in [0.2, 0.25) is 0 Å². The van der Waals surface area contributed by atoms with Gasteiger partial charge in [0.1, 0.15) is 0 Å². The first-order chi connectivity index (χ1) is 4.06. The number of halogens is 3. The van der Waals surface area contributed by atoms with Crippen LogP contribution in [0.3, 0.4) is 0 Å². The van der Waals surface area contributed by atoms with Crippen LogP contribution in [0.15, 0.2) is 0 Å². The Hall–Kier alpha value is 0.590. The van der Waals surface area contributed by atoms with E-state index >= 15 is 0 Å². The van der Waals surface area contributed by atoms with Crippen LogP contribution < -0.4 is 0 Å². The molecular formula is C6H11F2I. The van der Waals surface area contributed by atoms with Crippen molar-refractivity contribution in [2.75, 3.05) is 0 Å². The first-order valence-electron chi connectivity index (χ1n) is 3.13. The summed E-state index contributed by atoms with van der Waals surface area (Å²) in [5.74, 6) is 0. The maximum absolute atomic E-state index is 12.0. The van der Waals surface area contributed by atoms with Gasteiger partial charge in [0.15, 0.2) is 0 Å². The molecule has 0 bridgehead atoms. The second kappa shape index (κ2) is 4.41. The van der Waals surface area contributed by atoms with Crippen LogP contribution in [-0.4, -0.2) is 3.93 Å². The highest BCUT2D eigenvalue weighted by atomic mass is 127. The first-order valence-corrected chi connectivity index (χ1v) is 4.21. The summed E-state index contributed by atoms with van der Waals surface area (Å²) in [7, 11) is 0. The van der Waals surface area contributed by atoms with Crippen LogP contribution in [0, 0.1) is 0 Å². The molecule has 3 heteroatoms. The molecule has 0 fully saturated rings. The van der Waals surface area contributed by atoms with Crippen molar-refractivity contribution in [1.82, 2.24) is 0 Å². The molecule has 0 unspecified atom stereocenters. The van der Waals surface area contributed by atoms with E-state index in [1.807, 2.05) is 6.92 Å². The van der Waals surface area contributed by atoms with Gasteiger partial charge in [-0.3, -0.25) is 0 Å². The minimum Gasteiger partial charge on any atom is -0.195 e. The molecule has 9 heavy (non-hydrogen) atoms. The smallest absolute Gasteiger partial charge is 0.195 e. The maximum Gasteiger partial charge on any atom is 0.296 e. The highest BCUT2D eigenvalue weighted by Crippen LogP contribution is 2.28. The van der Waals surface area contributed by atoms with Gasteiger partial charge >= 0.3 is 0 Å². The van der Waals surface area contributed by atoms with Gasteiger partial charge in [-0.05, 0) is 29.0 Å². The molecule has 0 N–H and O–H groups in total. The lowest BCUT2D eigenvalue weighted by Crippen LogP contribution is -2.02. The minimum absolute atomic E-state index is 0.0292. The summed E-state index contributed by atoms with van der Waals surface area (Å²) in [5.41, 5.74) is 0. The molecule has 0 aromatic carbocycles. The highest BCUT2D eigenvalue weighted by Gasteiger charge is 2.21. The molecule has 0 atom stereocenters. The Labute approximate surface area is 68.2 Å². The Morgan fingerprint density at radius 2 is 1.89 bits per heavy atom. The molecule has 0 saturated heterocycles. The molecular weight excluding hydrogens is 237 g/mol. The third-order valence-electron chi connectivity index (χ3n) is 1.06. The van der Waals surface area contributed by atoms with Crippen molar-refractivity contribution >= 4 is 22.6 Å². The standard InChI is InChI=1S/C6H11F2I/c1-2-3-4-5-6(7,8)9/h2-5H2,1H3. The molecule has 56 valence electrons. The van der Waals surface area contributed by atoms with E-state index in [2.05, 4.69) is 0 Å². The summed E-state index contributed by atoms with van der Waals surface area (Å²) < 4.78 is 21.6. The van der Waals surface area contributed by atoms with Gasteiger partial charge < -0.3 is 0 Å². The van der Waals surface area contributed by atoms with Crippen LogP contribution in [0.4, 0.5) is 8.78 Å². The molecule has 0 aromatic rings. The van der Waals surface area contributed by atoms with Crippen molar-refractivity contribution < 1.29 is 8.78 Å². The van der Waals surface area contributed by atoms with Gasteiger partial charge in [-0.25, -0.2) is 0 Å². The van der Waals surface area contributed by atoms with Crippen molar-refractivity contribution in [3.63, 3.8) is 0 Å². The van der Waals surface area contributed by atoms with E-state index in [0.717, 1.165) is 12.8 Å². The topological polar surface area (TPSA) is 0 Å². The molecule has 0 aliphatic carbocycles. The fourth-order valence-electron chi connectivity index (χ4n) is 0.575. The van der Waals surface area contributed by atoms with E-state index in [1.54, 1.807) is 0 Å². The Kier molecular flexibility index (Phi) is 4.70. The monoisotopic (exact) mass is 248 g/mol. The van der Waals surface area contributed by atoms with E-state index in [9.17, 15) is 8.78 Å². The number of hydrogen-bond acceptors (Lipinski definition) is 0. The van der Waals surface area contributed by atoms with Gasteiger partial charge in [0.25, 0.3) is 3.93 Å². The molecule has 0 aromatic heterocycles. The zero-order valence-electron chi connectivity index (χ0n) is 5.46. The first kappa shape index (κ1) is 9.59. The summed E-state index contributed by atoms with van der Waals surface area (Å²) >= 11 is 1.18. The predicted molar refractivity (Wildman–Crippen MR) is 43.1 cm³/mol. The Morgan fingerprint density at radius 3 is 2.22 bits per heavy atom. The normalized spacial score (nSPS) is 12.0. The van der Waals surface area contributed by atoms with Crippen LogP contribution in [0.1, 0.15) is 32.6 Å². The number of rotatable bonds is 4. The highest BCUT2D eigenvalue weighted by molar-refractivity contribution is 14.1. The molecule has 0 rings (SSSR count). The molecule has 0 aliphatic heterocycles. The summed E-state index contributed by atoms with van der Waals surface area (Å²) in [6, 6.07) is 0. The number of unbranched alkanes of at least 4 members (excludes halogenated alkanes) is 2. The molecule has 0 amide bonds. The summed E-state index contributed by atoms with van der Waals surface area (Å²) in [6.07, 6.45) is 2.60. The van der Waals surface area contributed by atoms with E-state index in [0.29, 0.717) is 6.42 Å². The van der Waals surface area contributed by atoms with Crippen LogP contribution in [0.2, 0.25) is 0 Å². The van der Waals surface area contributed by atoms with Crippen LogP contribution in [0.5, 0.6) is 0 Å². The summed E-state index contributed by atoms with van der Waals surface area (Å²) in [6.45, 7) is 2.01. The lowest BCUT2D eigenvalue weighted by molar-refractivity contribution is 0.113. The van der Waals surface area contributed by atoms with Gasteiger partial charge in [0, 0.05) is 6.42 Å². The van der Waals surface area contributed by atoms with Crippen LogP contribution in [-0.2, 0) is 0 Å². The average molecular weight is 248 g/mol. The Morgan fingerprint density at radius 1 is 1.33 bits per heavy atom. The van der Waals surface area contributed by atoms with Crippen molar-refractivity contribution in [2.24, 2.45) is 0 Å². The molecule has 0 heterocycles. The van der Waals surface area contributed by atoms with E-state index in [4.69, 9.17) is 0 Å². The zero-order chi connectivity index (χ0) is 7.33. The lowest BCUT2D eigenvalue weighted by Gasteiger charge is -2.05. The third kappa shape index (κ3) is 8.59. The van der Waals surface area contributed by atoms with Crippen LogP contribution in [0.25, 0.3) is 0 Å². The third-order valence-corrected chi connectivity index (χ3v) is 1.60. The maximum atomic E-state index is 12.0. The molecule has 0 saturated carbocycles. The van der Waals surface area contributed by atoms with Crippen LogP contribution >= 0.6 is 22.6 Å². The second-order valence-electron chi connectivity index (χ2n) is 2.07. The van der Waals surface area contributed by atoms with Gasteiger partial charge in [-0.15, -0.1) is 0 Å². The SMILES string of the molecule is CCCCCC(F)(F)I. The summed E-state index contributed by atoms with van der Waals surface area (Å²) in [4.78, 5) is 0. The second-order valence-corrected chi connectivity index (χ2v) is 3.65. The lowest BCUT2D eigenvalue weighted by atomic mass is 10.2. The van der Waals surface area contributed by atoms with Gasteiger partial charge in [-0.2, -0.15) is 8.78 Å². The fourth-order valence-corrected chi connectivity index (χ4v) is 0.957. The average Bonchev–Trinajstić information content (AvgIpc) is 1.63. The number of hydrogen-bond donors (Lipinski definition) is 0. The molecule has 0 spiro atoms. The Balaban J connectivity index is 3.07. The van der Waals surface area contributed by atoms with Crippen molar-refractivity contribution in [1.29, 1.82) is 0 Å². The largest absolute Gasteiger partial charge is 0.296 e. The van der Waals surface area contributed by atoms with E-state index in [1.165, 1.54) is 22.6 Å². The van der Waals surface area contributed by atoms with Crippen molar-refractivity contribution in [3.05, 3.63) is 0 Å². The van der Waals surface area contributed by atoms with Crippen molar-refractivity contribution in [3.8, 4) is 0 Å². The number of alkyl halides is 3. The minimum atomic E-state index is -2.48. The molecule has 0 aliphatic rings. The molecule has 0 nitrogen and oxygen atoms in total. The van der Waals surface area contributed by atoms with E-state index < -0.39 is 3.93 Å². The van der Waals surface area contributed by atoms with Gasteiger partial charge in [-0.1, -0.05) is 19.8 Å². The Bertz CT molecular complexity index is 67.9. The van der Waals surface area contributed by atoms with Crippen molar-refractivity contribution in [2.45, 2.75) is 36.5 Å². The fraction of sp³-hybridized carbons (Fsp3) is 1.00. The van der Waals surface area contributed by atoms with Gasteiger partial charge in [0.05, 0.1) is 0 Å². The molecule has 0 radical (unpaired) electrons.